The molecule has 0 spiro atoms. The van der Waals surface area contributed by atoms with Crippen molar-refractivity contribution in [3.63, 3.8) is 0 Å². The summed E-state index contributed by atoms with van der Waals surface area (Å²) in [5.74, 6) is 1.21. The molecule has 6 heteroatoms. The lowest BCUT2D eigenvalue weighted by Gasteiger charge is -2.27. The van der Waals surface area contributed by atoms with E-state index in [1.54, 1.807) is 19.4 Å². The first kappa shape index (κ1) is 19.7. The number of benzene rings is 1. The first-order valence-corrected chi connectivity index (χ1v) is 10.7. The number of nitrogens with zero attached hydrogens (tertiary/aromatic N) is 3. The summed E-state index contributed by atoms with van der Waals surface area (Å²) in [6.07, 6.45) is 8.05. The predicted molar refractivity (Wildman–Crippen MR) is 119 cm³/mol. The molecule has 1 aliphatic heterocycles. The highest BCUT2D eigenvalue weighted by atomic mass is 16.5. The number of methoxy groups -OCH3 is 1. The lowest BCUT2D eigenvalue weighted by atomic mass is 9.83. The molecule has 2 aliphatic rings. The molecule has 5 rings (SSSR count). The number of pyridine rings is 1. The minimum absolute atomic E-state index is 0.179. The molecular weight excluding hydrogens is 390 g/mol. The van der Waals surface area contributed by atoms with E-state index in [0.29, 0.717) is 23.1 Å². The maximum atomic E-state index is 10.8. The van der Waals surface area contributed by atoms with E-state index in [4.69, 9.17) is 9.47 Å². The number of phenolic OH excluding ortho intramolecular Hbond substituents is 1. The molecule has 1 N–H and O–H groups in total. The molecule has 0 saturated carbocycles. The number of hydrogen-bond donors (Lipinski definition) is 1. The summed E-state index contributed by atoms with van der Waals surface area (Å²) in [7, 11) is 1.59. The molecule has 0 bridgehead atoms. The third kappa shape index (κ3) is 3.91. The van der Waals surface area contributed by atoms with E-state index in [0.717, 1.165) is 55.7 Å². The van der Waals surface area contributed by atoms with E-state index >= 15 is 0 Å². The van der Waals surface area contributed by atoms with Gasteiger partial charge in [0.05, 0.1) is 18.5 Å². The van der Waals surface area contributed by atoms with Crippen LogP contribution in [0.25, 0.3) is 28.0 Å². The van der Waals surface area contributed by atoms with Crippen molar-refractivity contribution in [3.8, 4) is 34.0 Å². The fraction of sp³-hybridized carbons (Fsp3) is 0.320. The number of allylic oxidation sites excluding steroid dienone is 2. The Balaban J connectivity index is 1.45. The third-order valence-corrected chi connectivity index (χ3v) is 6.14. The van der Waals surface area contributed by atoms with Crippen molar-refractivity contribution in [2.45, 2.75) is 25.7 Å². The van der Waals surface area contributed by atoms with Crippen LogP contribution in [0.15, 0.2) is 48.7 Å². The smallest absolute Gasteiger partial charge is 0.213 e. The zero-order valence-electron chi connectivity index (χ0n) is 17.5. The Labute approximate surface area is 181 Å². The molecule has 31 heavy (non-hydrogen) atoms. The van der Waals surface area contributed by atoms with Gasteiger partial charge in [-0.3, -0.25) is 0 Å². The monoisotopic (exact) mass is 415 g/mol. The van der Waals surface area contributed by atoms with Crippen LogP contribution < -0.4 is 4.74 Å². The Morgan fingerprint density at radius 1 is 1.03 bits per heavy atom. The minimum atomic E-state index is 0.179. The zero-order chi connectivity index (χ0) is 21.2. The van der Waals surface area contributed by atoms with Crippen molar-refractivity contribution in [2.24, 2.45) is 5.92 Å². The number of ether oxygens (including phenoxy) is 2. The summed E-state index contributed by atoms with van der Waals surface area (Å²) in [5.41, 5.74) is 6.73. The van der Waals surface area contributed by atoms with Gasteiger partial charge in [-0.2, -0.15) is 0 Å². The SMILES string of the molecule is COc1cc(-c2ccc(-c3cc4c(nn3)C(C3CCOCC3)=CCC4)c(O)c2)ccn1. The Kier molecular flexibility index (Phi) is 5.38. The first-order chi connectivity index (χ1) is 15.2. The summed E-state index contributed by atoms with van der Waals surface area (Å²) in [5, 5.41) is 19.8. The molecule has 0 unspecified atom stereocenters. The van der Waals surface area contributed by atoms with Crippen LogP contribution in [-0.2, 0) is 11.2 Å². The molecule has 0 radical (unpaired) electrons. The van der Waals surface area contributed by atoms with Crippen molar-refractivity contribution in [1.29, 1.82) is 0 Å². The van der Waals surface area contributed by atoms with Crippen LogP contribution in [0.3, 0.4) is 0 Å². The number of aryl methyl sites for hydroxylation is 1. The van der Waals surface area contributed by atoms with Gasteiger partial charge < -0.3 is 14.6 Å². The molecule has 158 valence electrons. The van der Waals surface area contributed by atoms with E-state index < -0.39 is 0 Å². The Morgan fingerprint density at radius 2 is 1.87 bits per heavy atom. The second kappa shape index (κ2) is 8.47. The van der Waals surface area contributed by atoms with Crippen molar-refractivity contribution >= 4 is 5.57 Å². The Morgan fingerprint density at radius 3 is 2.68 bits per heavy atom. The molecule has 1 fully saturated rings. The summed E-state index contributed by atoms with van der Waals surface area (Å²) in [4.78, 5) is 4.14. The second-order valence-corrected chi connectivity index (χ2v) is 8.01. The Bertz CT molecular complexity index is 1140. The molecule has 2 aromatic heterocycles. The predicted octanol–water partition coefficient (Wildman–Crippen LogP) is 4.68. The highest BCUT2D eigenvalue weighted by molar-refractivity contribution is 5.76. The van der Waals surface area contributed by atoms with Crippen LogP contribution in [-0.4, -0.2) is 40.6 Å². The van der Waals surface area contributed by atoms with Crippen LogP contribution in [0.5, 0.6) is 11.6 Å². The van der Waals surface area contributed by atoms with Crippen LogP contribution in [0.4, 0.5) is 0 Å². The fourth-order valence-corrected chi connectivity index (χ4v) is 4.47. The number of hydrogen-bond acceptors (Lipinski definition) is 6. The number of aromatic hydroxyl groups is 1. The highest BCUT2D eigenvalue weighted by Crippen LogP contribution is 2.38. The highest BCUT2D eigenvalue weighted by Gasteiger charge is 2.25. The van der Waals surface area contributed by atoms with Gasteiger partial charge in [-0.15, -0.1) is 10.2 Å². The van der Waals surface area contributed by atoms with Crippen LogP contribution in [0.1, 0.15) is 30.5 Å². The molecule has 6 nitrogen and oxygen atoms in total. The van der Waals surface area contributed by atoms with Crippen molar-refractivity contribution < 1.29 is 14.6 Å². The topological polar surface area (TPSA) is 77.4 Å². The van der Waals surface area contributed by atoms with Gasteiger partial charge in [-0.05, 0) is 78.1 Å². The first-order valence-electron chi connectivity index (χ1n) is 10.7. The molecular formula is C25H25N3O3. The van der Waals surface area contributed by atoms with E-state index in [1.165, 1.54) is 11.1 Å². The average molecular weight is 415 g/mol. The van der Waals surface area contributed by atoms with E-state index in [1.807, 2.05) is 24.3 Å². The van der Waals surface area contributed by atoms with Gasteiger partial charge in [0.25, 0.3) is 0 Å². The number of fused-ring (bicyclic) bond motifs is 1. The normalized spacial score (nSPS) is 16.5. The maximum absolute atomic E-state index is 10.8. The van der Waals surface area contributed by atoms with Gasteiger partial charge in [0.15, 0.2) is 0 Å². The average Bonchev–Trinajstić information content (AvgIpc) is 2.84. The summed E-state index contributed by atoms with van der Waals surface area (Å²) in [6, 6.07) is 11.4. The summed E-state index contributed by atoms with van der Waals surface area (Å²) in [6.45, 7) is 1.62. The molecule has 1 aromatic carbocycles. The standard InChI is InChI=1S/C25H25N3O3/c1-30-24-15-18(7-10-26-24)17-5-6-21(23(29)14-17)22-13-19-3-2-4-20(25(19)28-27-22)16-8-11-31-12-9-16/h4-7,10,13-16,29H,2-3,8-9,11-12H2,1H3. The van der Waals surface area contributed by atoms with Crippen LogP contribution >= 0.6 is 0 Å². The second-order valence-electron chi connectivity index (χ2n) is 8.01. The number of rotatable bonds is 4. The molecule has 0 atom stereocenters. The van der Waals surface area contributed by atoms with Crippen LogP contribution in [0.2, 0.25) is 0 Å². The lowest BCUT2D eigenvalue weighted by molar-refractivity contribution is 0.0806. The van der Waals surface area contributed by atoms with Gasteiger partial charge in [-0.25, -0.2) is 4.98 Å². The van der Waals surface area contributed by atoms with Gasteiger partial charge in [0.1, 0.15) is 5.75 Å². The van der Waals surface area contributed by atoms with Gasteiger partial charge in [0.2, 0.25) is 5.88 Å². The molecule has 1 aliphatic carbocycles. The molecule has 1 saturated heterocycles. The van der Waals surface area contributed by atoms with Gasteiger partial charge in [0, 0.05) is 31.0 Å². The maximum Gasteiger partial charge on any atom is 0.213 e. The molecule has 3 heterocycles. The van der Waals surface area contributed by atoms with Gasteiger partial charge >= 0.3 is 0 Å². The number of phenols is 1. The minimum Gasteiger partial charge on any atom is -0.507 e. The van der Waals surface area contributed by atoms with E-state index in [-0.39, 0.29) is 5.75 Å². The largest absolute Gasteiger partial charge is 0.507 e. The van der Waals surface area contributed by atoms with Crippen molar-refractivity contribution in [3.05, 3.63) is 59.9 Å². The van der Waals surface area contributed by atoms with Crippen LogP contribution in [0, 0.1) is 5.92 Å². The van der Waals surface area contributed by atoms with Gasteiger partial charge in [-0.1, -0.05) is 12.1 Å². The Hall–Kier alpha value is -3.25. The zero-order valence-corrected chi connectivity index (χ0v) is 17.5. The molecule has 0 amide bonds. The van der Waals surface area contributed by atoms with Crippen molar-refractivity contribution in [2.75, 3.05) is 20.3 Å². The van der Waals surface area contributed by atoms with E-state index in [9.17, 15) is 5.11 Å². The summed E-state index contributed by atoms with van der Waals surface area (Å²) >= 11 is 0. The van der Waals surface area contributed by atoms with Crippen molar-refractivity contribution in [1.82, 2.24) is 15.2 Å². The number of aromatic nitrogens is 3. The van der Waals surface area contributed by atoms with E-state index in [2.05, 4.69) is 27.3 Å². The lowest BCUT2D eigenvalue weighted by Crippen LogP contribution is -2.19. The fourth-order valence-electron chi connectivity index (χ4n) is 4.47. The molecule has 3 aromatic rings. The summed E-state index contributed by atoms with van der Waals surface area (Å²) < 4.78 is 10.7. The quantitative estimate of drug-likeness (QED) is 0.667. The third-order valence-electron chi connectivity index (χ3n) is 6.14.